The van der Waals surface area contributed by atoms with Crippen molar-refractivity contribution in [2.24, 2.45) is 0 Å². The number of nitrogens with zero attached hydrogens (tertiary/aromatic N) is 5. The fourth-order valence-electron chi connectivity index (χ4n) is 3.70. The first kappa shape index (κ1) is 21.4. The van der Waals surface area contributed by atoms with Crippen molar-refractivity contribution in [1.29, 1.82) is 0 Å². The van der Waals surface area contributed by atoms with Crippen molar-refractivity contribution in [3.8, 4) is 11.3 Å². The van der Waals surface area contributed by atoms with Gasteiger partial charge in [0.05, 0.1) is 24.0 Å². The molecular formula is C24H26N6O2. The molecule has 0 aromatic carbocycles. The van der Waals surface area contributed by atoms with E-state index in [1.54, 1.807) is 31.6 Å². The van der Waals surface area contributed by atoms with Gasteiger partial charge in [-0.3, -0.25) is 19.6 Å². The number of pyridine rings is 3. The number of carbonyl (C=O) groups excluding carboxylic acids is 2. The maximum absolute atomic E-state index is 12.4. The number of hydrogen-bond acceptors (Lipinski definition) is 6. The van der Waals surface area contributed by atoms with Crippen LogP contribution < -0.4 is 10.2 Å². The Bertz CT molecular complexity index is 1090. The smallest absolute Gasteiger partial charge is 0.230 e. The Balaban J connectivity index is 1.31. The van der Waals surface area contributed by atoms with E-state index in [1.165, 1.54) is 0 Å². The van der Waals surface area contributed by atoms with Gasteiger partial charge in [0.15, 0.2) is 0 Å². The van der Waals surface area contributed by atoms with Crippen LogP contribution in [0.25, 0.3) is 11.3 Å². The van der Waals surface area contributed by atoms with Crippen LogP contribution >= 0.6 is 0 Å². The number of nitrogens with one attached hydrogen (secondary N) is 1. The zero-order chi connectivity index (χ0) is 22.5. The highest BCUT2D eigenvalue weighted by molar-refractivity contribution is 5.91. The molecule has 1 N–H and O–H groups in total. The van der Waals surface area contributed by atoms with E-state index in [9.17, 15) is 9.59 Å². The van der Waals surface area contributed by atoms with Crippen LogP contribution in [0.3, 0.4) is 0 Å². The molecule has 0 spiro atoms. The summed E-state index contributed by atoms with van der Waals surface area (Å²) >= 11 is 0. The average molecular weight is 431 g/mol. The monoisotopic (exact) mass is 430 g/mol. The average Bonchev–Trinajstić information content (AvgIpc) is 2.80. The Hall–Kier alpha value is -3.81. The lowest BCUT2D eigenvalue weighted by atomic mass is 10.1. The van der Waals surface area contributed by atoms with Gasteiger partial charge in [-0.15, -0.1) is 0 Å². The molecule has 0 bridgehead atoms. The normalized spacial score (nSPS) is 13.7. The molecule has 164 valence electrons. The standard InChI is InChI=1S/C24H26N6O2/c1-17-13-20(7-8-25-17)22-5-3-19(15-26-22)14-24(32)28-23-6-4-21(16-27-23)30-11-9-29(10-12-30)18(2)31/h3-8,13,15-16H,9-12,14H2,1-2H3,(H,27,28,32). The molecule has 0 aliphatic carbocycles. The molecule has 0 radical (unpaired) electrons. The van der Waals surface area contributed by atoms with Crippen molar-refractivity contribution >= 4 is 23.3 Å². The Morgan fingerprint density at radius 2 is 1.78 bits per heavy atom. The third kappa shape index (κ3) is 5.26. The number of piperazine rings is 1. The molecule has 32 heavy (non-hydrogen) atoms. The summed E-state index contributed by atoms with van der Waals surface area (Å²) in [6.45, 7) is 6.51. The van der Waals surface area contributed by atoms with E-state index in [4.69, 9.17) is 0 Å². The fourth-order valence-corrected chi connectivity index (χ4v) is 3.70. The molecule has 3 aromatic rings. The zero-order valence-electron chi connectivity index (χ0n) is 18.3. The summed E-state index contributed by atoms with van der Waals surface area (Å²) in [5.74, 6) is 0.478. The van der Waals surface area contributed by atoms with Crippen LogP contribution in [-0.4, -0.2) is 57.8 Å². The minimum Gasteiger partial charge on any atom is -0.367 e. The van der Waals surface area contributed by atoms with E-state index in [1.807, 2.05) is 42.2 Å². The summed E-state index contributed by atoms with van der Waals surface area (Å²) in [5, 5.41) is 2.84. The van der Waals surface area contributed by atoms with Crippen LogP contribution in [0.4, 0.5) is 11.5 Å². The van der Waals surface area contributed by atoms with Gasteiger partial charge in [0.1, 0.15) is 5.82 Å². The quantitative estimate of drug-likeness (QED) is 0.669. The summed E-state index contributed by atoms with van der Waals surface area (Å²) in [4.78, 5) is 41.0. The van der Waals surface area contributed by atoms with E-state index in [0.29, 0.717) is 18.9 Å². The van der Waals surface area contributed by atoms with E-state index in [-0.39, 0.29) is 18.2 Å². The molecule has 0 atom stereocenters. The van der Waals surface area contributed by atoms with Gasteiger partial charge in [0.2, 0.25) is 11.8 Å². The predicted molar refractivity (Wildman–Crippen MR) is 123 cm³/mol. The Morgan fingerprint density at radius 3 is 2.41 bits per heavy atom. The van der Waals surface area contributed by atoms with Gasteiger partial charge in [-0.1, -0.05) is 6.07 Å². The van der Waals surface area contributed by atoms with Gasteiger partial charge in [-0.05, 0) is 42.8 Å². The molecule has 2 amide bonds. The van der Waals surface area contributed by atoms with Crippen LogP contribution in [-0.2, 0) is 16.0 Å². The highest BCUT2D eigenvalue weighted by atomic mass is 16.2. The van der Waals surface area contributed by atoms with Crippen LogP contribution in [0.5, 0.6) is 0 Å². The molecule has 0 saturated carbocycles. The van der Waals surface area contributed by atoms with Crippen LogP contribution in [0.15, 0.2) is 55.0 Å². The third-order valence-electron chi connectivity index (χ3n) is 5.49. The zero-order valence-corrected chi connectivity index (χ0v) is 18.3. The number of aryl methyl sites for hydroxylation is 1. The maximum atomic E-state index is 12.4. The first-order valence-corrected chi connectivity index (χ1v) is 10.6. The van der Waals surface area contributed by atoms with Crippen molar-refractivity contribution in [1.82, 2.24) is 19.9 Å². The van der Waals surface area contributed by atoms with E-state index in [2.05, 4.69) is 25.2 Å². The van der Waals surface area contributed by atoms with E-state index < -0.39 is 0 Å². The van der Waals surface area contributed by atoms with Crippen molar-refractivity contribution in [2.45, 2.75) is 20.3 Å². The molecule has 3 aromatic heterocycles. The molecule has 1 aliphatic rings. The number of hydrogen-bond donors (Lipinski definition) is 1. The van der Waals surface area contributed by atoms with Gasteiger partial charge in [-0.25, -0.2) is 4.98 Å². The molecule has 4 heterocycles. The van der Waals surface area contributed by atoms with Gasteiger partial charge >= 0.3 is 0 Å². The molecule has 8 heteroatoms. The number of rotatable bonds is 5. The molecule has 0 unspecified atom stereocenters. The highest BCUT2D eigenvalue weighted by Crippen LogP contribution is 2.19. The van der Waals surface area contributed by atoms with Gasteiger partial charge in [0.25, 0.3) is 0 Å². The van der Waals surface area contributed by atoms with Gasteiger partial charge in [0, 0.05) is 56.8 Å². The summed E-state index contributed by atoms with van der Waals surface area (Å²) in [7, 11) is 0. The SMILES string of the molecule is CC(=O)N1CCN(c2ccc(NC(=O)Cc3ccc(-c4ccnc(C)c4)nc3)nc2)CC1. The lowest BCUT2D eigenvalue weighted by Gasteiger charge is -2.35. The minimum atomic E-state index is -0.144. The molecule has 1 saturated heterocycles. The van der Waals surface area contributed by atoms with E-state index in [0.717, 1.165) is 41.3 Å². The molecular weight excluding hydrogens is 404 g/mol. The number of anilines is 2. The van der Waals surface area contributed by atoms with Crippen LogP contribution in [0.1, 0.15) is 18.2 Å². The first-order valence-electron chi connectivity index (χ1n) is 10.6. The first-order chi connectivity index (χ1) is 15.5. The number of aromatic nitrogens is 3. The highest BCUT2D eigenvalue weighted by Gasteiger charge is 2.19. The number of amides is 2. The summed E-state index contributed by atoms with van der Waals surface area (Å²) in [6, 6.07) is 11.5. The lowest BCUT2D eigenvalue weighted by Crippen LogP contribution is -2.48. The van der Waals surface area contributed by atoms with Crippen LogP contribution in [0.2, 0.25) is 0 Å². The summed E-state index contributed by atoms with van der Waals surface area (Å²) in [6.07, 6.45) is 5.46. The molecule has 8 nitrogen and oxygen atoms in total. The second-order valence-corrected chi connectivity index (χ2v) is 7.86. The van der Waals surface area contributed by atoms with Crippen molar-refractivity contribution in [3.63, 3.8) is 0 Å². The number of carbonyl (C=O) groups is 2. The fraction of sp³-hybridized carbons (Fsp3) is 0.292. The van der Waals surface area contributed by atoms with Gasteiger partial charge in [-0.2, -0.15) is 0 Å². The summed E-state index contributed by atoms with van der Waals surface area (Å²) < 4.78 is 0. The Labute approximate surface area is 187 Å². The van der Waals surface area contributed by atoms with E-state index >= 15 is 0 Å². The predicted octanol–water partition coefficient (Wildman–Crippen LogP) is 2.70. The van der Waals surface area contributed by atoms with Crippen molar-refractivity contribution in [2.75, 3.05) is 36.4 Å². The molecule has 4 rings (SSSR count). The van der Waals surface area contributed by atoms with Crippen LogP contribution in [0, 0.1) is 6.92 Å². The third-order valence-corrected chi connectivity index (χ3v) is 5.49. The second kappa shape index (κ2) is 9.55. The Morgan fingerprint density at radius 1 is 0.969 bits per heavy atom. The second-order valence-electron chi connectivity index (χ2n) is 7.86. The minimum absolute atomic E-state index is 0.109. The molecule has 1 fully saturated rings. The Kier molecular flexibility index (Phi) is 6.39. The summed E-state index contributed by atoms with van der Waals surface area (Å²) in [5.41, 5.74) is 4.60. The lowest BCUT2D eigenvalue weighted by molar-refractivity contribution is -0.129. The van der Waals surface area contributed by atoms with Crippen molar-refractivity contribution in [3.05, 3.63) is 66.2 Å². The van der Waals surface area contributed by atoms with Gasteiger partial charge < -0.3 is 15.1 Å². The maximum Gasteiger partial charge on any atom is 0.230 e. The van der Waals surface area contributed by atoms with Crippen molar-refractivity contribution < 1.29 is 9.59 Å². The largest absolute Gasteiger partial charge is 0.367 e. The molecule has 1 aliphatic heterocycles. The topological polar surface area (TPSA) is 91.3 Å².